The average molecular weight is 237 g/mol. The van der Waals surface area contributed by atoms with Crippen LogP contribution in [0.5, 0.6) is 0 Å². The van der Waals surface area contributed by atoms with Crippen LogP contribution in [0.25, 0.3) is 0 Å². The normalized spacial score (nSPS) is 35.2. The third-order valence-electron chi connectivity index (χ3n) is 3.46. The van der Waals surface area contributed by atoms with Crippen LogP contribution in [-0.2, 0) is 5.54 Å². The molecule has 0 saturated heterocycles. The first kappa shape index (κ1) is 9.97. The van der Waals surface area contributed by atoms with Crippen LogP contribution in [0.3, 0.4) is 0 Å². The number of aliphatic hydroxyl groups is 1. The Bertz CT molecular complexity index is 462. The SMILES string of the molecule is [2H]C([2H])(O)C1(C)CC(N)(c2ncc(C(C)C)cn2)C1. The van der Waals surface area contributed by atoms with Crippen LogP contribution in [0.15, 0.2) is 12.4 Å². The lowest BCUT2D eigenvalue weighted by Crippen LogP contribution is -2.56. The predicted molar refractivity (Wildman–Crippen MR) is 66.4 cm³/mol. The molecule has 0 aromatic carbocycles. The van der Waals surface area contributed by atoms with Crippen LogP contribution in [0.1, 0.15) is 53.7 Å². The molecule has 1 aromatic heterocycles. The maximum Gasteiger partial charge on any atom is 0.148 e. The fourth-order valence-electron chi connectivity index (χ4n) is 2.47. The summed E-state index contributed by atoms with van der Waals surface area (Å²) in [5, 5.41) is 9.53. The van der Waals surface area contributed by atoms with Crippen molar-refractivity contribution in [2.75, 3.05) is 6.56 Å². The predicted octanol–water partition coefficient (Wildman–Crippen LogP) is 1.55. The number of hydrogen-bond donors (Lipinski definition) is 2. The van der Waals surface area contributed by atoms with Gasteiger partial charge in [0.05, 0.1) is 8.28 Å². The molecule has 0 radical (unpaired) electrons. The van der Waals surface area contributed by atoms with E-state index in [1.54, 1.807) is 19.3 Å². The lowest BCUT2D eigenvalue weighted by molar-refractivity contribution is -0.0148. The number of nitrogens with two attached hydrogens (primary N) is 1. The zero-order chi connectivity index (χ0) is 14.5. The quantitative estimate of drug-likeness (QED) is 0.836. The Morgan fingerprint density at radius 3 is 2.41 bits per heavy atom. The van der Waals surface area contributed by atoms with Crippen LogP contribution in [0.4, 0.5) is 0 Å². The number of aromatic nitrogens is 2. The first-order valence-corrected chi connectivity index (χ1v) is 5.91. The summed E-state index contributed by atoms with van der Waals surface area (Å²) in [7, 11) is 0. The Hall–Kier alpha value is -1.00. The Morgan fingerprint density at radius 1 is 1.47 bits per heavy atom. The van der Waals surface area contributed by atoms with Crippen molar-refractivity contribution in [3.63, 3.8) is 0 Å². The number of nitrogens with zero attached hydrogens (tertiary/aromatic N) is 2. The van der Waals surface area contributed by atoms with E-state index in [9.17, 15) is 5.11 Å². The standard InChI is InChI=1S/C13H21N3O/c1-9(2)10-4-15-11(16-5-10)13(14)6-12(3,7-13)8-17/h4-5,9,17H,6-8,14H2,1-3H3/i8D2. The molecule has 1 aromatic rings. The van der Waals surface area contributed by atoms with Crippen molar-refractivity contribution in [3.05, 3.63) is 23.8 Å². The minimum atomic E-state index is -2.23. The second-order valence-electron chi connectivity index (χ2n) is 5.68. The smallest absolute Gasteiger partial charge is 0.148 e. The van der Waals surface area contributed by atoms with Gasteiger partial charge in [0.1, 0.15) is 5.82 Å². The molecule has 1 saturated carbocycles. The van der Waals surface area contributed by atoms with Crippen molar-refractivity contribution in [3.8, 4) is 0 Å². The third-order valence-corrected chi connectivity index (χ3v) is 3.46. The molecule has 0 unspecified atom stereocenters. The number of hydrogen-bond acceptors (Lipinski definition) is 4. The van der Waals surface area contributed by atoms with Crippen LogP contribution >= 0.6 is 0 Å². The van der Waals surface area contributed by atoms with Gasteiger partial charge in [0.2, 0.25) is 0 Å². The lowest BCUT2D eigenvalue weighted by atomic mass is 9.58. The highest BCUT2D eigenvalue weighted by Crippen LogP contribution is 2.50. The monoisotopic (exact) mass is 237 g/mol. The van der Waals surface area contributed by atoms with Gasteiger partial charge in [0, 0.05) is 19.0 Å². The van der Waals surface area contributed by atoms with E-state index in [4.69, 9.17) is 8.48 Å². The van der Waals surface area contributed by atoms with Gasteiger partial charge in [-0.3, -0.25) is 0 Å². The first-order chi connectivity index (χ1) is 8.57. The van der Waals surface area contributed by atoms with Gasteiger partial charge < -0.3 is 10.8 Å². The molecule has 4 heteroatoms. The molecule has 94 valence electrons. The van der Waals surface area contributed by atoms with Gasteiger partial charge >= 0.3 is 0 Å². The molecule has 0 aliphatic heterocycles. The molecule has 1 aliphatic rings. The fraction of sp³-hybridized carbons (Fsp3) is 0.692. The van der Waals surface area contributed by atoms with Crippen molar-refractivity contribution in [1.82, 2.24) is 9.97 Å². The van der Waals surface area contributed by atoms with Crippen LogP contribution in [0, 0.1) is 5.41 Å². The summed E-state index contributed by atoms with van der Waals surface area (Å²) in [4.78, 5) is 8.60. The van der Waals surface area contributed by atoms with Gasteiger partial charge in [-0.25, -0.2) is 9.97 Å². The summed E-state index contributed by atoms with van der Waals surface area (Å²) in [5.41, 5.74) is 5.70. The zero-order valence-electron chi connectivity index (χ0n) is 12.6. The number of rotatable bonds is 3. The summed E-state index contributed by atoms with van der Waals surface area (Å²) in [6.45, 7) is 3.60. The Morgan fingerprint density at radius 2 is 2.00 bits per heavy atom. The molecule has 1 fully saturated rings. The molecule has 0 amide bonds. The Balaban J connectivity index is 2.16. The summed E-state index contributed by atoms with van der Waals surface area (Å²) >= 11 is 0. The summed E-state index contributed by atoms with van der Waals surface area (Å²) in [6, 6.07) is 0. The first-order valence-electron chi connectivity index (χ1n) is 6.91. The van der Waals surface area contributed by atoms with Gasteiger partial charge in [-0.2, -0.15) is 0 Å². The molecule has 2 rings (SSSR count). The van der Waals surface area contributed by atoms with Crippen molar-refractivity contribution in [1.29, 1.82) is 0 Å². The van der Waals surface area contributed by atoms with Gasteiger partial charge in [-0.15, -0.1) is 0 Å². The van der Waals surface area contributed by atoms with Gasteiger partial charge in [0.15, 0.2) is 0 Å². The highest BCUT2D eigenvalue weighted by Gasteiger charge is 2.51. The molecule has 0 spiro atoms. The minimum absolute atomic E-state index is 0.338. The second kappa shape index (κ2) is 4.03. The molecule has 4 nitrogen and oxygen atoms in total. The topological polar surface area (TPSA) is 72.0 Å². The van der Waals surface area contributed by atoms with Crippen molar-refractivity contribution in [2.45, 2.75) is 45.1 Å². The fourth-order valence-corrected chi connectivity index (χ4v) is 2.47. The average Bonchev–Trinajstić information content (AvgIpc) is 2.25. The third kappa shape index (κ3) is 2.19. The molecular weight excluding hydrogens is 214 g/mol. The molecular formula is C13H21N3O. The van der Waals surface area contributed by atoms with Gasteiger partial charge in [0.25, 0.3) is 0 Å². The Labute approximate surface area is 105 Å². The largest absolute Gasteiger partial charge is 0.396 e. The van der Waals surface area contributed by atoms with E-state index in [1.165, 1.54) is 0 Å². The molecule has 1 aliphatic carbocycles. The molecule has 0 bridgehead atoms. The zero-order valence-corrected chi connectivity index (χ0v) is 10.6. The van der Waals surface area contributed by atoms with E-state index in [-0.39, 0.29) is 0 Å². The van der Waals surface area contributed by atoms with Gasteiger partial charge in [-0.05, 0) is 29.7 Å². The maximum atomic E-state index is 9.53. The van der Waals surface area contributed by atoms with Crippen molar-refractivity contribution < 1.29 is 7.85 Å². The van der Waals surface area contributed by atoms with E-state index < -0.39 is 17.5 Å². The highest BCUT2D eigenvalue weighted by molar-refractivity contribution is 5.18. The molecule has 1 heterocycles. The highest BCUT2D eigenvalue weighted by atomic mass is 16.3. The van der Waals surface area contributed by atoms with Crippen LogP contribution in [0.2, 0.25) is 0 Å². The summed E-state index contributed by atoms with van der Waals surface area (Å²) in [6.07, 6.45) is 4.21. The van der Waals surface area contributed by atoms with E-state index in [2.05, 4.69) is 23.8 Å². The summed E-state index contributed by atoms with van der Waals surface area (Å²) in [5.74, 6) is 0.889. The minimum Gasteiger partial charge on any atom is -0.396 e. The van der Waals surface area contributed by atoms with Crippen LogP contribution in [-0.4, -0.2) is 21.6 Å². The second-order valence-corrected chi connectivity index (χ2v) is 5.68. The lowest BCUT2D eigenvalue weighted by Gasteiger charge is -2.50. The van der Waals surface area contributed by atoms with E-state index >= 15 is 0 Å². The summed E-state index contributed by atoms with van der Waals surface area (Å²) < 4.78 is 14.9. The van der Waals surface area contributed by atoms with E-state index in [0.717, 1.165) is 5.56 Å². The molecule has 3 N–H and O–H groups in total. The maximum absolute atomic E-state index is 9.53. The molecule has 17 heavy (non-hydrogen) atoms. The van der Waals surface area contributed by atoms with E-state index in [0.29, 0.717) is 24.6 Å². The van der Waals surface area contributed by atoms with Crippen molar-refractivity contribution >= 4 is 0 Å². The molecule has 0 atom stereocenters. The van der Waals surface area contributed by atoms with Crippen molar-refractivity contribution in [2.24, 2.45) is 11.1 Å². The van der Waals surface area contributed by atoms with Crippen LogP contribution < -0.4 is 5.73 Å². The van der Waals surface area contributed by atoms with Gasteiger partial charge in [-0.1, -0.05) is 20.8 Å². The van der Waals surface area contributed by atoms with E-state index in [1.807, 2.05) is 0 Å². The Kier molecular flexibility index (Phi) is 2.37.